The molecule has 2 aliphatic heterocycles. The van der Waals surface area contributed by atoms with E-state index in [1.165, 1.54) is 0 Å². The van der Waals surface area contributed by atoms with E-state index in [-0.39, 0.29) is 11.5 Å². The Labute approximate surface area is 92.8 Å². The van der Waals surface area contributed by atoms with Gasteiger partial charge in [0.25, 0.3) is 0 Å². The van der Waals surface area contributed by atoms with Crippen LogP contribution in [0.4, 0.5) is 4.79 Å². The second kappa shape index (κ2) is 3.57. The summed E-state index contributed by atoms with van der Waals surface area (Å²) in [6, 6.07) is 0.421. The molecule has 2 heterocycles. The SMILES string of the molecule is O=C1NCCN1C1NC2C=CC=CC2S1. The van der Waals surface area contributed by atoms with Gasteiger partial charge in [0.15, 0.2) is 0 Å². The Morgan fingerprint density at radius 1 is 1.40 bits per heavy atom. The van der Waals surface area contributed by atoms with Crippen LogP contribution in [0.25, 0.3) is 0 Å². The molecule has 5 heteroatoms. The van der Waals surface area contributed by atoms with E-state index in [1.807, 2.05) is 16.7 Å². The smallest absolute Gasteiger partial charge is 0.319 e. The van der Waals surface area contributed by atoms with Gasteiger partial charge in [0, 0.05) is 24.4 Å². The van der Waals surface area contributed by atoms with E-state index in [4.69, 9.17) is 0 Å². The number of carbonyl (C=O) groups is 1. The summed E-state index contributed by atoms with van der Waals surface area (Å²) in [5, 5.41) is 6.75. The Hall–Kier alpha value is -0.940. The topological polar surface area (TPSA) is 44.4 Å². The molecular formula is C10H13N3OS. The molecule has 1 aliphatic carbocycles. The van der Waals surface area contributed by atoms with Crippen molar-refractivity contribution in [3.63, 3.8) is 0 Å². The molecule has 0 radical (unpaired) electrons. The minimum absolute atomic E-state index is 0.0478. The summed E-state index contributed by atoms with van der Waals surface area (Å²) in [7, 11) is 0. The maximum absolute atomic E-state index is 11.5. The number of carbonyl (C=O) groups excluding carboxylic acids is 1. The Morgan fingerprint density at radius 2 is 2.27 bits per heavy atom. The molecule has 2 fully saturated rings. The number of hydrogen-bond acceptors (Lipinski definition) is 3. The van der Waals surface area contributed by atoms with E-state index < -0.39 is 0 Å². The lowest BCUT2D eigenvalue weighted by molar-refractivity contribution is 0.208. The zero-order valence-corrected chi connectivity index (χ0v) is 9.04. The van der Waals surface area contributed by atoms with Crippen LogP contribution in [0.15, 0.2) is 24.3 Å². The molecule has 0 spiro atoms. The average molecular weight is 223 g/mol. The number of nitrogens with one attached hydrogen (secondary N) is 2. The summed E-state index contributed by atoms with van der Waals surface area (Å²) in [5.74, 6) is 0. The number of amides is 2. The summed E-state index contributed by atoms with van der Waals surface area (Å²) >= 11 is 1.81. The molecule has 0 aromatic carbocycles. The van der Waals surface area contributed by atoms with Gasteiger partial charge in [-0.2, -0.15) is 0 Å². The second-order valence-electron chi connectivity index (χ2n) is 3.84. The molecule has 0 aromatic rings. The normalized spacial score (nSPS) is 38.3. The maximum Gasteiger partial charge on any atom is 0.319 e. The van der Waals surface area contributed by atoms with Crippen molar-refractivity contribution in [3.8, 4) is 0 Å². The highest BCUT2D eigenvalue weighted by Gasteiger charge is 2.38. The number of fused-ring (bicyclic) bond motifs is 1. The molecule has 3 aliphatic rings. The van der Waals surface area contributed by atoms with Crippen molar-refractivity contribution < 1.29 is 4.79 Å². The summed E-state index contributed by atoms with van der Waals surface area (Å²) in [6.07, 6.45) is 8.48. The lowest BCUT2D eigenvalue weighted by atomic mass is 10.1. The standard InChI is InChI=1S/C10H13N3OS/c14-9-11-5-6-13(9)10-12-7-3-1-2-4-8(7)15-10/h1-4,7-8,10,12H,5-6H2,(H,11,14). The van der Waals surface area contributed by atoms with E-state index in [9.17, 15) is 4.79 Å². The minimum Gasteiger partial charge on any atom is -0.336 e. The van der Waals surface area contributed by atoms with Gasteiger partial charge in [-0.15, -0.1) is 11.8 Å². The van der Waals surface area contributed by atoms with E-state index >= 15 is 0 Å². The summed E-state index contributed by atoms with van der Waals surface area (Å²) in [5.41, 5.74) is 0.120. The first-order chi connectivity index (χ1) is 7.34. The van der Waals surface area contributed by atoms with Crippen molar-refractivity contribution in [1.82, 2.24) is 15.5 Å². The molecule has 3 rings (SSSR count). The van der Waals surface area contributed by atoms with Crippen LogP contribution in [0.3, 0.4) is 0 Å². The molecule has 2 saturated heterocycles. The van der Waals surface area contributed by atoms with Crippen LogP contribution in [-0.4, -0.2) is 40.8 Å². The van der Waals surface area contributed by atoms with Crippen molar-refractivity contribution in [3.05, 3.63) is 24.3 Å². The fourth-order valence-electron chi connectivity index (χ4n) is 2.09. The number of rotatable bonds is 1. The molecule has 0 aromatic heterocycles. The molecule has 4 nitrogen and oxygen atoms in total. The minimum atomic E-state index is 0.0478. The van der Waals surface area contributed by atoms with Gasteiger partial charge < -0.3 is 5.32 Å². The van der Waals surface area contributed by atoms with Crippen molar-refractivity contribution in [2.45, 2.75) is 16.8 Å². The lowest BCUT2D eigenvalue weighted by Crippen LogP contribution is -2.44. The second-order valence-corrected chi connectivity index (χ2v) is 5.10. The molecule has 2 amide bonds. The lowest BCUT2D eigenvalue weighted by Gasteiger charge is -2.21. The monoisotopic (exact) mass is 223 g/mol. The van der Waals surface area contributed by atoms with Crippen LogP contribution in [0.2, 0.25) is 0 Å². The van der Waals surface area contributed by atoms with Gasteiger partial charge in [0.1, 0.15) is 5.50 Å². The van der Waals surface area contributed by atoms with Crippen LogP contribution in [0, 0.1) is 0 Å². The quantitative estimate of drug-likeness (QED) is 0.680. The molecule has 80 valence electrons. The zero-order chi connectivity index (χ0) is 10.3. The summed E-state index contributed by atoms with van der Waals surface area (Å²) < 4.78 is 0. The fraction of sp³-hybridized carbons (Fsp3) is 0.500. The predicted octanol–water partition coefficient (Wildman–Crippen LogP) is 0.495. The highest BCUT2D eigenvalue weighted by Crippen LogP contribution is 2.33. The molecule has 2 N–H and O–H groups in total. The van der Waals surface area contributed by atoms with Gasteiger partial charge in [0.05, 0.1) is 0 Å². The number of thioether (sulfide) groups is 1. The Balaban J connectivity index is 1.73. The molecule has 3 atom stereocenters. The molecular weight excluding hydrogens is 210 g/mol. The van der Waals surface area contributed by atoms with Crippen LogP contribution < -0.4 is 10.6 Å². The van der Waals surface area contributed by atoms with E-state index in [2.05, 4.69) is 34.9 Å². The van der Waals surface area contributed by atoms with Crippen molar-refractivity contribution >= 4 is 17.8 Å². The van der Waals surface area contributed by atoms with Crippen molar-refractivity contribution in [1.29, 1.82) is 0 Å². The van der Waals surface area contributed by atoms with E-state index in [1.54, 1.807) is 0 Å². The molecule has 0 saturated carbocycles. The summed E-state index contributed by atoms with van der Waals surface area (Å²) in [6.45, 7) is 1.56. The maximum atomic E-state index is 11.5. The van der Waals surface area contributed by atoms with Gasteiger partial charge in [-0.25, -0.2) is 4.79 Å². The van der Waals surface area contributed by atoms with Gasteiger partial charge in [-0.05, 0) is 0 Å². The Bertz CT molecular complexity index is 322. The van der Waals surface area contributed by atoms with Crippen molar-refractivity contribution in [2.75, 3.05) is 13.1 Å². The van der Waals surface area contributed by atoms with E-state index in [0.717, 1.165) is 13.1 Å². The van der Waals surface area contributed by atoms with Gasteiger partial charge >= 0.3 is 6.03 Å². The Kier molecular flexibility index (Phi) is 2.21. The molecule has 0 bridgehead atoms. The molecule has 3 unspecified atom stereocenters. The predicted molar refractivity (Wildman–Crippen MR) is 60.5 cm³/mol. The van der Waals surface area contributed by atoms with Crippen LogP contribution in [0.1, 0.15) is 0 Å². The number of allylic oxidation sites excluding steroid dienone is 2. The van der Waals surface area contributed by atoms with Crippen LogP contribution >= 0.6 is 11.8 Å². The number of urea groups is 1. The van der Waals surface area contributed by atoms with Gasteiger partial charge in [-0.1, -0.05) is 24.3 Å². The number of hydrogen-bond donors (Lipinski definition) is 2. The first-order valence-electron chi connectivity index (χ1n) is 5.15. The van der Waals surface area contributed by atoms with Crippen molar-refractivity contribution in [2.24, 2.45) is 0 Å². The average Bonchev–Trinajstić information content (AvgIpc) is 2.82. The highest BCUT2D eigenvalue weighted by atomic mass is 32.2. The van der Waals surface area contributed by atoms with Gasteiger partial charge in [-0.3, -0.25) is 10.2 Å². The number of nitrogens with zero attached hydrogens (tertiary/aromatic N) is 1. The van der Waals surface area contributed by atoms with Crippen LogP contribution in [-0.2, 0) is 0 Å². The van der Waals surface area contributed by atoms with E-state index in [0.29, 0.717) is 11.3 Å². The third kappa shape index (κ3) is 1.55. The zero-order valence-electron chi connectivity index (χ0n) is 8.22. The molecule has 15 heavy (non-hydrogen) atoms. The fourth-order valence-corrected chi connectivity index (χ4v) is 3.49. The first kappa shape index (κ1) is 9.30. The summed E-state index contributed by atoms with van der Waals surface area (Å²) in [4.78, 5) is 13.4. The largest absolute Gasteiger partial charge is 0.336 e. The Morgan fingerprint density at radius 3 is 3.00 bits per heavy atom. The highest BCUT2D eigenvalue weighted by molar-refractivity contribution is 8.00. The van der Waals surface area contributed by atoms with Crippen LogP contribution in [0.5, 0.6) is 0 Å². The first-order valence-corrected chi connectivity index (χ1v) is 6.10. The third-order valence-corrected chi connectivity index (χ3v) is 4.29. The van der Waals surface area contributed by atoms with Gasteiger partial charge in [0.2, 0.25) is 0 Å². The third-order valence-electron chi connectivity index (χ3n) is 2.88.